The monoisotopic (exact) mass is 433 g/mol. The largest absolute Gasteiger partial charge is 0.371 e. The number of hydrogen-bond donors (Lipinski definition) is 1. The molecule has 1 aliphatic rings. The van der Waals surface area contributed by atoms with Gasteiger partial charge in [0.05, 0.1) is 24.2 Å². The summed E-state index contributed by atoms with van der Waals surface area (Å²) in [7, 11) is 0. The lowest BCUT2D eigenvalue weighted by molar-refractivity contribution is -0.385. The maximum atomic E-state index is 12.4. The molecular weight excluding hydrogens is 414 g/mol. The lowest BCUT2D eigenvalue weighted by Gasteiger charge is -2.32. The number of nitro benzene ring substituents is 1. The number of carbonyl (C=O) groups is 1. The Balaban J connectivity index is 1.60. The predicted octanol–water partition coefficient (Wildman–Crippen LogP) is 3.68. The van der Waals surface area contributed by atoms with E-state index in [1.54, 1.807) is 19.1 Å². The molecule has 2 aromatic rings. The molecule has 1 aliphatic heterocycles. The fraction of sp³-hybridized carbons (Fsp3) is 0.316. The second kappa shape index (κ2) is 8.60. The van der Waals surface area contributed by atoms with Crippen molar-refractivity contribution in [2.75, 3.05) is 31.6 Å². The molecule has 0 radical (unpaired) electrons. The van der Waals surface area contributed by atoms with Crippen LogP contribution in [0.25, 0.3) is 0 Å². The van der Waals surface area contributed by atoms with Gasteiger partial charge >= 0.3 is 0 Å². The van der Waals surface area contributed by atoms with Crippen LogP contribution < -0.4 is 5.32 Å². The van der Waals surface area contributed by atoms with Gasteiger partial charge in [0.15, 0.2) is 0 Å². The van der Waals surface area contributed by atoms with E-state index >= 15 is 0 Å². The van der Waals surface area contributed by atoms with Gasteiger partial charge in [0, 0.05) is 34.9 Å². The third-order valence-corrected chi connectivity index (χ3v) is 4.98. The van der Waals surface area contributed by atoms with Crippen molar-refractivity contribution >= 4 is 33.2 Å². The Kier molecular flexibility index (Phi) is 6.20. The number of amides is 1. The van der Waals surface area contributed by atoms with Crippen LogP contribution in [0.5, 0.6) is 0 Å². The van der Waals surface area contributed by atoms with Crippen molar-refractivity contribution in [2.45, 2.75) is 13.0 Å². The van der Waals surface area contributed by atoms with Crippen LogP contribution in [0.15, 0.2) is 46.9 Å². The van der Waals surface area contributed by atoms with Crippen LogP contribution in [0.3, 0.4) is 0 Å². The first-order chi connectivity index (χ1) is 12.9. The number of carbonyl (C=O) groups excluding carboxylic acids is 1. The Bertz CT molecular complexity index is 841. The van der Waals surface area contributed by atoms with E-state index in [0.29, 0.717) is 30.9 Å². The number of halogens is 1. The van der Waals surface area contributed by atoms with Gasteiger partial charge in [-0.1, -0.05) is 34.1 Å². The van der Waals surface area contributed by atoms with Crippen molar-refractivity contribution in [3.8, 4) is 0 Å². The highest BCUT2D eigenvalue weighted by Crippen LogP contribution is 2.24. The maximum absolute atomic E-state index is 12.4. The normalized spacial score (nSPS) is 17.5. The quantitative estimate of drug-likeness (QED) is 0.574. The summed E-state index contributed by atoms with van der Waals surface area (Å²) in [5.74, 6) is -0.204. The van der Waals surface area contributed by atoms with Crippen LogP contribution in [0.4, 0.5) is 11.4 Å². The molecule has 1 saturated heterocycles. The Labute approximate surface area is 165 Å². The number of rotatable bonds is 5. The Morgan fingerprint density at radius 3 is 2.78 bits per heavy atom. The Hall–Kier alpha value is -2.29. The van der Waals surface area contributed by atoms with Crippen LogP contribution >= 0.6 is 15.9 Å². The number of hydrogen-bond acceptors (Lipinski definition) is 5. The van der Waals surface area contributed by atoms with E-state index in [2.05, 4.69) is 21.2 Å². The zero-order chi connectivity index (χ0) is 19.4. The summed E-state index contributed by atoms with van der Waals surface area (Å²) < 4.78 is 6.83. The number of anilines is 1. The van der Waals surface area contributed by atoms with E-state index in [1.165, 1.54) is 6.07 Å². The molecule has 0 aromatic heterocycles. The first-order valence-electron chi connectivity index (χ1n) is 8.56. The second-order valence-corrected chi connectivity index (χ2v) is 7.37. The van der Waals surface area contributed by atoms with Crippen LogP contribution in [-0.4, -0.2) is 42.0 Å². The molecule has 2 aromatic carbocycles. The summed E-state index contributed by atoms with van der Waals surface area (Å²) in [4.78, 5) is 25.0. The van der Waals surface area contributed by atoms with Gasteiger partial charge < -0.3 is 10.1 Å². The van der Waals surface area contributed by atoms with E-state index in [4.69, 9.17) is 4.74 Å². The molecule has 1 atom stereocenters. The molecule has 0 bridgehead atoms. The number of nitrogens with zero attached hydrogens (tertiary/aromatic N) is 2. The van der Waals surface area contributed by atoms with Crippen molar-refractivity contribution in [3.05, 3.63) is 68.2 Å². The van der Waals surface area contributed by atoms with Gasteiger partial charge in [0.2, 0.25) is 5.91 Å². The van der Waals surface area contributed by atoms with Crippen molar-refractivity contribution < 1.29 is 14.5 Å². The van der Waals surface area contributed by atoms with Crippen LogP contribution in [0.1, 0.15) is 17.2 Å². The van der Waals surface area contributed by atoms with Crippen LogP contribution in [0, 0.1) is 17.0 Å². The minimum absolute atomic E-state index is 0.00512. The summed E-state index contributed by atoms with van der Waals surface area (Å²) in [6.07, 6.45) is -0.0832. The molecule has 1 N–H and O–H groups in total. The molecule has 7 nitrogen and oxygen atoms in total. The number of aryl methyl sites for hydroxylation is 1. The molecule has 27 heavy (non-hydrogen) atoms. The average molecular weight is 434 g/mol. The summed E-state index contributed by atoms with van der Waals surface area (Å²) in [5.41, 5.74) is 2.05. The van der Waals surface area contributed by atoms with Gasteiger partial charge in [-0.2, -0.15) is 0 Å². The summed E-state index contributed by atoms with van der Waals surface area (Å²) in [6, 6.07) is 12.6. The molecule has 1 amide bonds. The molecule has 1 fully saturated rings. The van der Waals surface area contributed by atoms with E-state index < -0.39 is 4.92 Å². The minimum atomic E-state index is -0.449. The zero-order valence-corrected chi connectivity index (χ0v) is 16.4. The number of nitrogens with one attached hydrogen (secondary N) is 1. The van der Waals surface area contributed by atoms with Gasteiger partial charge in [-0.3, -0.25) is 19.8 Å². The minimum Gasteiger partial charge on any atom is -0.371 e. The van der Waals surface area contributed by atoms with Crippen LogP contribution in [-0.2, 0) is 9.53 Å². The van der Waals surface area contributed by atoms with Gasteiger partial charge in [-0.05, 0) is 30.7 Å². The fourth-order valence-corrected chi connectivity index (χ4v) is 3.28. The second-order valence-electron chi connectivity index (χ2n) is 6.45. The third-order valence-electron chi connectivity index (χ3n) is 4.45. The molecule has 0 spiro atoms. The SMILES string of the molecule is Cc1ccc(NC(=O)CN2CCOC(c3ccc(Br)cc3)C2)cc1[N+](=O)[O-]. The molecule has 0 aliphatic carbocycles. The smallest absolute Gasteiger partial charge is 0.274 e. The topological polar surface area (TPSA) is 84.7 Å². The highest BCUT2D eigenvalue weighted by molar-refractivity contribution is 9.10. The number of ether oxygens (including phenoxy) is 1. The van der Waals surface area contributed by atoms with Crippen LogP contribution in [0.2, 0.25) is 0 Å². The number of morpholine rings is 1. The average Bonchev–Trinajstić information content (AvgIpc) is 2.64. The summed E-state index contributed by atoms with van der Waals surface area (Å²) >= 11 is 3.42. The summed E-state index contributed by atoms with van der Waals surface area (Å²) in [5, 5.41) is 13.8. The van der Waals surface area contributed by atoms with Crippen molar-refractivity contribution in [1.82, 2.24) is 4.90 Å². The lowest BCUT2D eigenvalue weighted by Crippen LogP contribution is -2.42. The first-order valence-corrected chi connectivity index (χ1v) is 9.36. The number of benzene rings is 2. The van der Waals surface area contributed by atoms with Gasteiger partial charge in [0.25, 0.3) is 5.69 Å². The van der Waals surface area contributed by atoms with E-state index in [-0.39, 0.29) is 24.2 Å². The van der Waals surface area contributed by atoms with E-state index in [1.807, 2.05) is 29.2 Å². The predicted molar refractivity (Wildman–Crippen MR) is 106 cm³/mol. The molecule has 142 valence electrons. The standard InChI is InChI=1S/C19H20BrN3O4/c1-13-2-7-16(10-17(13)23(25)26)21-19(24)12-22-8-9-27-18(11-22)14-3-5-15(20)6-4-14/h2-7,10,18H,8-9,11-12H2,1H3,(H,21,24). The molecular formula is C19H20BrN3O4. The third kappa shape index (κ3) is 5.12. The molecule has 8 heteroatoms. The Morgan fingerprint density at radius 1 is 1.33 bits per heavy atom. The fourth-order valence-electron chi connectivity index (χ4n) is 3.01. The van der Waals surface area contributed by atoms with E-state index in [0.717, 1.165) is 10.0 Å². The molecule has 1 unspecified atom stereocenters. The van der Waals surface area contributed by atoms with Gasteiger partial charge in [-0.25, -0.2) is 0 Å². The van der Waals surface area contributed by atoms with Crippen molar-refractivity contribution in [2.24, 2.45) is 0 Å². The van der Waals surface area contributed by atoms with E-state index in [9.17, 15) is 14.9 Å². The molecule has 3 rings (SSSR count). The highest BCUT2D eigenvalue weighted by Gasteiger charge is 2.23. The van der Waals surface area contributed by atoms with Crippen molar-refractivity contribution in [3.63, 3.8) is 0 Å². The molecule has 1 heterocycles. The van der Waals surface area contributed by atoms with Gasteiger partial charge in [0.1, 0.15) is 0 Å². The van der Waals surface area contributed by atoms with Gasteiger partial charge in [-0.15, -0.1) is 0 Å². The summed E-state index contributed by atoms with van der Waals surface area (Å²) in [6.45, 7) is 3.69. The Morgan fingerprint density at radius 2 is 2.07 bits per heavy atom. The highest BCUT2D eigenvalue weighted by atomic mass is 79.9. The van der Waals surface area contributed by atoms with Crippen molar-refractivity contribution in [1.29, 1.82) is 0 Å². The maximum Gasteiger partial charge on any atom is 0.274 e. The molecule has 0 saturated carbocycles. The lowest BCUT2D eigenvalue weighted by atomic mass is 10.1. The number of nitro groups is 1. The first kappa shape index (κ1) is 19.5. The zero-order valence-electron chi connectivity index (χ0n) is 14.9.